The number of hydrogen-bond donors (Lipinski definition) is 2. The highest BCUT2D eigenvalue weighted by atomic mass is 16.2. The molecule has 21 heavy (non-hydrogen) atoms. The third-order valence-electron chi connectivity index (χ3n) is 3.85. The number of urea groups is 1. The summed E-state index contributed by atoms with van der Waals surface area (Å²) < 4.78 is 1.75. The fraction of sp³-hybridized carbons (Fsp3) is 0.643. The fourth-order valence-corrected chi connectivity index (χ4v) is 2.58. The first kappa shape index (κ1) is 15.3. The Hall–Kier alpha value is -2.05. The largest absolute Gasteiger partial charge is 0.359 e. The Bertz CT molecular complexity index is 491. The number of carbonyl (C=O) groups excluding carboxylic acids is 2. The molecular weight excluding hydrogens is 270 g/mol. The summed E-state index contributed by atoms with van der Waals surface area (Å²) in [6, 6.07) is -0.0470. The van der Waals surface area contributed by atoms with Crippen LogP contribution in [0.2, 0.25) is 0 Å². The van der Waals surface area contributed by atoms with Gasteiger partial charge in [-0.2, -0.15) is 5.10 Å². The van der Waals surface area contributed by atoms with Crippen LogP contribution in [0.4, 0.5) is 4.79 Å². The van der Waals surface area contributed by atoms with Crippen molar-refractivity contribution in [3.8, 4) is 0 Å². The van der Waals surface area contributed by atoms with Gasteiger partial charge >= 0.3 is 6.03 Å². The van der Waals surface area contributed by atoms with Crippen LogP contribution in [0.3, 0.4) is 0 Å². The highest BCUT2D eigenvalue weighted by Gasteiger charge is 2.26. The molecule has 0 radical (unpaired) electrons. The van der Waals surface area contributed by atoms with Gasteiger partial charge in [0.05, 0.1) is 6.20 Å². The van der Waals surface area contributed by atoms with Crippen LogP contribution in [0, 0.1) is 5.92 Å². The zero-order valence-corrected chi connectivity index (χ0v) is 12.6. The Balaban J connectivity index is 1.69. The Morgan fingerprint density at radius 3 is 2.67 bits per heavy atom. The molecule has 3 amide bonds. The number of aryl methyl sites for hydroxylation is 1. The Morgan fingerprint density at radius 1 is 1.38 bits per heavy atom. The number of nitrogens with zero attached hydrogens (tertiary/aromatic N) is 3. The summed E-state index contributed by atoms with van der Waals surface area (Å²) in [5.74, 6) is 0.112. The lowest BCUT2D eigenvalue weighted by atomic mass is 9.96. The monoisotopic (exact) mass is 293 g/mol. The van der Waals surface area contributed by atoms with Crippen molar-refractivity contribution in [3.05, 3.63) is 18.0 Å². The van der Waals surface area contributed by atoms with Gasteiger partial charge in [-0.15, -0.1) is 0 Å². The second-order valence-corrected chi connectivity index (χ2v) is 5.38. The molecule has 0 saturated carbocycles. The predicted octanol–water partition coefficient (Wildman–Crippen LogP) is 0.130. The maximum Gasteiger partial charge on any atom is 0.317 e. The topological polar surface area (TPSA) is 79.3 Å². The van der Waals surface area contributed by atoms with E-state index in [4.69, 9.17) is 0 Å². The van der Waals surface area contributed by atoms with E-state index >= 15 is 0 Å². The molecule has 2 N–H and O–H groups in total. The van der Waals surface area contributed by atoms with Crippen LogP contribution in [-0.4, -0.2) is 53.3 Å². The molecular formula is C14H23N5O2. The second kappa shape index (κ2) is 7.10. The molecule has 1 aromatic heterocycles. The molecule has 1 saturated heterocycles. The second-order valence-electron chi connectivity index (χ2n) is 5.38. The van der Waals surface area contributed by atoms with Crippen LogP contribution >= 0.6 is 0 Å². The van der Waals surface area contributed by atoms with E-state index in [1.165, 1.54) is 0 Å². The molecule has 2 heterocycles. The summed E-state index contributed by atoms with van der Waals surface area (Å²) >= 11 is 0. The number of rotatable bonds is 4. The Kier molecular flexibility index (Phi) is 5.19. The molecule has 1 aromatic rings. The van der Waals surface area contributed by atoms with Gasteiger partial charge in [0.1, 0.15) is 0 Å². The zero-order chi connectivity index (χ0) is 15.2. The quantitative estimate of drug-likeness (QED) is 0.828. The van der Waals surface area contributed by atoms with Gasteiger partial charge in [0.25, 0.3) is 0 Å². The number of likely N-dealkylation sites (tertiary alicyclic amines) is 1. The fourth-order valence-electron chi connectivity index (χ4n) is 2.58. The van der Waals surface area contributed by atoms with Crippen LogP contribution < -0.4 is 10.6 Å². The van der Waals surface area contributed by atoms with E-state index in [-0.39, 0.29) is 17.9 Å². The summed E-state index contributed by atoms with van der Waals surface area (Å²) in [7, 11) is 3.53. The van der Waals surface area contributed by atoms with Gasteiger partial charge in [-0.25, -0.2) is 4.79 Å². The summed E-state index contributed by atoms with van der Waals surface area (Å²) in [5.41, 5.74) is 1.11. The minimum Gasteiger partial charge on any atom is -0.359 e. The van der Waals surface area contributed by atoms with Gasteiger partial charge in [0.2, 0.25) is 5.91 Å². The summed E-state index contributed by atoms with van der Waals surface area (Å²) in [5, 5.41) is 9.68. The first-order valence-electron chi connectivity index (χ1n) is 7.32. The molecule has 0 spiro atoms. The van der Waals surface area contributed by atoms with Gasteiger partial charge in [0.15, 0.2) is 0 Å². The van der Waals surface area contributed by atoms with Crippen molar-refractivity contribution in [2.45, 2.75) is 19.3 Å². The van der Waals surface area contributed by atoms with Crippen molar-refractivity contribution in [3.63, 3.8) is 0 Å². The Morgan fingerprint density at radius 2 is 2.10 bits per heavy atom. The maximum absolute atomic E-state index is 12.0. The number of aromatic nitrogens is 2. The highest BCUT2D eigenvalue weighted by Crippen LogP contribution is 2.17. The highest BCUT2D eigenvalue weighted by molar-refractivity contribution is 5.79. The van der Waals surface area contributed by atoms with Crippen molar-refractivity contribution in [2.24, 2.45) is 13.0 Å². The lowest BCUT2D eigenvalue weighted by Gasteiger charge is -2.31. The van der Waals surface area contributed by atoms with Gasteiger partial charge in [-0.1, -0.05) is 0 Å². The molecule has 1 aliphatic rings. The van der Waals surface area contributed by atoms with Crippen LogP contribution in [0.15, 0.2) is 12.4 Å². The number of hydrogen-bond acceptors (Lipinski definition) is 3. The molecule has 0 bridgehead atoms. The van der Waals surface area contributed by atoms with E-state index in [0.717, 1.165) is 24.8 Å². The van der Waals surface area contributed by atoms with Crippen molar-refractivity contribution < 1.29 is 9.59 Å². The molecule has 116 valence electrons. The number of amides is 3. The molecule has 0 aromatic carbocycles. The summed E-state index contributed by atoms with van der Waals surface area (Å²) in [6.45, 7) is 1.87. The van der Waals surface area contributed by atoms with E-state index in [2.05, 4.69) is 15.7 Å². The summed E-state index contributed by atoms with van der Waals surface area (Å²) in [4.78, 5) is 25.3. The molecule has 7 nitrogen and oxygen atoms in total. The zero-order valence-electron chi connectivity index (χ0n) is 12.6. The predicted molar refractivity (Wildman–Crippen MR) is 78.7 cm³/mol. The minimum atomic E-state index is -0.0470. The first-order chi connectivity index (χ1) is 10.1. The Labute approximate surface area is 124 Å². The van der Waals surface area contributed by atoms with Crippen molar-refractivity contribution in [2.75, 3.05) is 26.7 Å². The van der Waals surface area contributed by atoms with E-state index in [0.29, 0.717) is 19.6 Å². The van der Waals surface area contributed by atoms with E-state index in [1.54, 1.807) is 22.8 Å². The number of piperidine rings is 1. The van der Waals surface area contributed by atoms with Crippen LogP contribution in [0.1, 0.15) is 18.4 Å². The van der Waals surface area contributed by atoms with Gasteiger partial charge < -0.3 is 15.5 Å². The van der Waals surface area contributed by atoms with Crippen LogP contribution in [0.5, 0.6) is 0 Å². The lowest BCUT2D eigenvalue weighted by molar-refractivity contribution is -0.125. The SMILES string of the molecule is CNC(=O)C1CCN(C(=O)NCCc2cnn(C)c2)CC1. The molecule has 1 fully saturated rings. The number of carbonyl (C=O) groups is 2. The van der Waals surface area contributed by atoms with Gasteiger partial charge in [0, 0.05) is 45.8 Å². The lowest BCUT2D eigenvalue weighted by Crippen LogP contribution is -2.47. The molecule has 0 unspecified atom stereocenters. The molecule has 1 aliphatic heterocycles. The van der Waals surface area contributed by atoms with Gasteiger partial charge in [-0.3, -0.25) is 9.48 Å². The number of nitrogens with one attached hydrogen (secondary N) is 2. The smallest absolute Gasteiger partial charge is 0.317 e. The standard InChI is InChI=1S/C14H23N5O2/c1-15-13(20)12-4-7-19(8-5-12)14(21)16-6-3-11-9-17-18(2)10-11/h9-10,12H,3-8H2,1-2H3,(H,15,20)(H,16,21). The van der Waals surface area contributed by atoms with Gasteiger partial charge in [-0.05, 0) is 24.8 Å². The van der Waals surface area contributed by atoms with Crippen LogP contribution in [0.25, 0.3) is 0 Å². The van der Waals surface area contributed by atoms with E-state index < -0.39 is 0 Å². The average molecular weight is 293 g/mol. The first-order valence-corrected chi connectivity index (χ1v) is 7.32. The molecule has 7 heteroatoms. The molecule has 0 aliphatic carbocycles. The normalized spacial score (nSPS) is 15.8. The minimum absolute atomic E-state index is 0.0365. The molecule has 0 atom stereocenters. The van der Waals surface area contributed by atoms with Crippen molar-refractivity contribution in [1.82, 2.24) is 25.3 Å². The third-order valence-corrected chi connectivity index (χ3v) is 3.85. The summed E-state index contributed by atoms with van der Waals surface area (Å²) in [6.07, 6.45) is 5.99. The van der Waals surface area contributed by atoms with Crippen molar-refractivity contribution >= 4 is 11.9 Å². The average Bonchev–Trinajstić information content (AvgIpc) is 2.92. The molecule has 2 rings (SSSR count). The van der Waals surface area contributed by atoms with Crippen LogP contribution in [-0.2, 0) is 18.3 Å². The van der Waals surface area contributed by atoms with E-state index in [1.807, 2.05) is 13.2 Å². The van der Waals surface area contributed by atoms with Crippen molar-refractivity contribution in [1.29, 1.82) is 0 Å². The van der Waals surface area contributed by atoms with E-state index in [9.17, 15) is 9.59 Å². The maximum atomic E-state index is 12.0. The third kappa shape index (κ3) is 4.21.